The minimum atomic E-state index is -0.552. The van der Waals surface area contributed by atoms with Crippen molar-refractivity contribution in [2.45, 2.75) is 45.8 Å². The Kier molecular flexibility index (Phi) is 7.57. The molecule has 1 N–H and O–H groups in total. The first-order valence-corrected chi connectivity index (χ1v) is 13.6. The smallest absolute Gasteiger partial charge is 0.257 e. The van der Waals surface area contributed by atoms with Crippen molar-refractivity contribution in [3.63, 3.8) is 0 Å². The molecule has 0 aliphatic carbocycles. The molecule has 1 aliphatic heterocycles. The van der Waals surface area contributed by atoms with Gasteiger partial charge in [-0.15, -0.1) is 11.3 Å². The van der Waals surface area contributed by atoms with Gasteiger partial charge < -0.3 is 14.4 Å². The van der Waals surface area contributed by atoms with Crippen molar-refractivity contribution in [1.29, 1.82) is 0 Å². The van der Waals surface area contributed by atoms with Crippen LogP contribution in [0.4, 0.5) is 0 Å². The third kappa shape index (κ3) is 6.54. The number of aliphatic hydroxyl groups is 1. The molecular formula is C28H35N5O3S. The number of hydrogen-bond acceptors (Lipinski definition) is 9. The molecule has 37 heavy (non-hydrogen) atoms. The molecule has 2 aromatic heterocycles. The minimum Gasteiger partial charge on any atom is -0.491 e. The number of β-amino-alcohol motifs (C(OH)–C–C–N with tert-alkyl or cyclic N) is 1. The zero-order valence-corrected chi connectivity index (χ0v) is 22.8. The maximum atomic E-state index is 10.5. The number of aromatic nitrogens is 3. The predicted molar refractivity (Wildman–Crippen MR) is 146 cm³/mol. The van der Waals surface area contributed by atoms with Crippen LogP contribution in [0.2, 0.25) is 0 Å². The van der Waals surface area contributed by atoms with Crippen molar-refractivity contribution in [2.24, 2.45) is 0 Å². The Hall–Kier alpha value is -2.85. The summed E-state index contributed by atoms with van der Waals surface area (Å²) < 4.78 is 12.5. The largest absolute Gasteiger partial charge is 0.491 e. The Balaban J connectivity index is 1.06. The van der Waals surface area contributed by atoms with Crippen molar-refractivity contribution >= 4 is 21.6 Å². The first-order chi connectivity index (χ1) is 17.7. The molecule has 0 unspecified atom stereocenters. The van der Waals surface area contributed by atoms with Crippen LogP contribution in [-0.4, -0.2) is 75.5 Å². The second kappa shape index (κ2) is 10.9. The van der Waals surface area contributed by atoms with Crippen molar-refractivity contribution in [3.8, 4) is 17.2 Å². The molecule has 0 radical (unpaired) electrons. The summed E-state index contributed by atoms with van der Waals surface area (Å²) in [5.41, 5.74) is 3.27. The molecule has 0 saturated carbocycles. The standard InChI is InChI=1S/C28H35N5O3S/c1-19-29-24-15-23(9-10-25(24)37-19)35-18-22(34)16-32-11-13-33(14-12-32)17-26-30-27(36-31-26)20-5-7-21(8-6-20)28(2,3)4/h5-10,15,22,34H,11-14,16-18H2,1-4H3/t22-/m0/s1. The molecule has 1 aliphatic rings. The molecule has 5 rings (SSSR count). The first-order valence-electron chi connectivity index (χ1n) is 12.8. The number of nitrogens with zero attached hydrogens (tertiary/aromatic N) is 5. The van der Waals surface area contributed by atoms with Crippen LogP contribution >= 0.6 is 11.3 Å². The maximum absolute atomic E-state index is 10.5. The van der Waals surface area contributed by atoms with E-state index in [1.54, 1.807) is 11.3 Å². The molecule has 4 aromatic rings. The highest BCUT2D eigenvalue weighted by Gasteiger charge is 2.22. The van der Waals surface area contributed by atoms with Gasteiger partial charge >= 0.3 is 0 Å². The van der Waals surface area contributed by atoms with Gasteiger partial charge in [0.15, 0.2) is 5.82 Å². The van der Waals surface area contributed by atoms with Gasteiger partial charge in [0, 0.05) is 44.4 Å². The second-order valence-corrected chi connectivity index (χ2v) is 12.0. The van der Waals surface area contributed by atoms with Gasteiger partial charge in [0.1, 0.15) is 18.5 Å². The third-order valence-electron chi connectivity index (χ3n) is 6.67. The van der Waals surface area contributed by atoms with E-state index in [0.717, 1.165) is 52.7 Å². The van der Waals surface area contributed by atoms with E-state index < -0.39 is 6.10 Å². The fraction of sp³-hybridized carbons (Fsp3) is 0.464. The zero-order chi connectivity index (χ0) is 26.0. The summed E-state index contributed by atoms with van der Waals surface area (Å²) in [5, 5.41) is 15.8. The minimum absolute atomic E-state index is 0.111. The summed E-state index contributed by atoms with van der Waals surface area (Å²) in [5.74, 6) is 2.00. The summed E-state index contributed by atoms with van der Waals surface area (Å²) in [6, 6.07) is 14.2. The quantitative estimate of drug-likeness (QED) is 0.362. The summed E-state index contributed by atoms with van der Waals surface area (Å²) in [4.78, 5) is 13.7. The summed E-state index contributed by atoms with van der Waals surface area (Å²) >= 11 is 1.67. The average Bonchev–Trinajstić information content (AvgIpc) is 3.49. The van der Waals surface area contributed by atoms with E-state index in [1.807, 2.05) is 37.3 Å². The number of benzene rings is 2. The molecule has 0 amide bonds. The van der Waals surface area contributed by atoms with Gasteiger partial charge in [-0.25, -0.2) is 4.98 Å². The van der Waals surface area contributed by atoms with Crippen LogP contribution < -0.4 is 4.74 Å². The van der Waals surface area contributed by atoms with Gasteiger partial charge in [-0.05, 0) is 42.2 Å². The van der Waals surface area contributed by atoms with Crippen molar-refractivity contribution in [3.05, 3.63) is 58.9 Å². The predicted octanol–water partition coefficient (Wildman–Crippen LogP) is 4.51. The van der Waals surface area contributed by atoms with Gasteiger partial charge in [-0.1, -0.05) is 38.1 Å². The van der Waals surface area contributed by atoms with Crippen LogP contribution in [0.25, 0.3) is 21.7 Å². The lowest BCUT2D eigenvalue weighted by Gasteiger charge is -2.34. The summed E-state index contributed by atoms with van der Waals surface area (Å²) in [6.07, 6.45) is -0.552. The van der Waals surface area contributed by atoms with Crippen molar-refractivity contribution in [1.82, 2.24) is 24.9 Å². The molecule has 1 atom stereocenters. The van der Waals surface area contributed by atoms with E-state index in [1.165, 1.54) is 5.56 Å². The Bertz CT molecular complexity index is 1320. The van der Waals surface area contributed by atoms with Gasteiger partial charge in [-0.2, -0.15) is 4.98 Å². The van der Waals surface area contributed by atoms with Crippen LogP contribution in [0.1, 0.15) is 37.2 Å². The van der Waals surface area contributed by atoms with E-state index >= 15 is 0 Å². The van der Waals surface area contributed by atoms with Crippen LogP contribution in [-0.2, 0) is 12.0 Å². The average molecular weight is 522 g/mol. The number of piperazine rings is 1. The fourth-order valence-corrected chi connectivity index (χ4v) is 5.34. The lowest BCUT2D eigenvalue weighted by atomic mass is 9.87. The number of hydrogen-bond donors (Lipinski definition) is 1. The normalized spacial score (nSPS) is 16.4. The van der Waals surface area contributed by atoms with Gasteiger partial charge in [0.25, 0.3) is 5.89 Å². The molecule has 0 bridgehead atoms. The van der Waals surface area contributed by atoms with Crippen LogP contribution in [0.3, 0.4) is 0 Å². The Morgan fingerprint density at radius 3 is 2.49 bits per heavy atom. The van der Waals surface area contributed by atoms with E-state index in [-0.39, 0.29) is 12.0 Å². The Labute approximate surface area is 221 Å². The van der Waals surface area contributed by atoms with Gasteiger partial charge in [0.2, 0.25) is 0 Å². The fourth-order valence-electron chi connectivity index (χ4n) is 4.53. The van der Waals surface area contributed by atoms with Gasteiger partial charge in [-0.3, -0.25) is 9.80 Å². The van der Waals surface area contributed by atoms with Gasteiger partial charge in [0.05, 0.1) is 21.8 Å². The zero-order valence-electron chi connectivity index (χ0n) is 22.0. The Morgan fingerprint density at radius 1 is 1.03 bits per heavy atom. The molecular weight excluding hydrogens is 486 g/mol. The number of ether oxygens (including phenoxy) is 1. The van der Waals surface area contributed by atoms with Crippen LogP contribution in [0.5, 0.6) is 5.75 Å². The number of aryl methyl sites for hydroxylation is 1. The molecule has 0 spiro atoms. The number of rotatable bonds is 8. The number of thiazole rings is 1. The van der Waals surface area contributed by atoms with E-state index in [0.29, 0.717) is 24.8 Å². The summed E-state index contributed by atoms with van der Waals surface area (Å²) in [7, 11) is 0. The lowest BCUT2D eigenvalue weighted by molar-refractivity contribution is 0.0440. The highest BCUT2D eigenvalue weighted by molar-refractivity contribution is 7.18. The highest BCUT2D eigenvalue weighted by atomic mass is 32.1. The van der Waals surface area contributed by atoms with Crippen molar-refractivity contribution < 1.29 is 14.4 Å². The number of aliphatic hydroxyl groups excluding tert-OH is 1. The van der Waals surface area contributed by atoms with E-state index in [9.17, 15) is 5.11 Å². The van der Waals surface area contributed by atoms with Crippen LogP contribution in [0.15, 0.2) is 47.0 Å². The molecule has 3 heterocycles. The SMILES string of the molecule is Cc1nc2cc(OC[C@@H](O)CN3CCN(Cc4noc(-c5ccc(C(C)(C)C)cc5)n4)CC3)ccc2s1. The first kappa shape index (κ1) is 25.8. The number of fused-ring (bicyclic) bond motifs is 1. The third-order valence-corrected chi connectivity index (χ3v) is 7.63. The second-order valence-electron chi connectivity index (χ2n) is 10.7. The van der Waals surface area contributed by atoms with Crippen molar-refractivity contribution in [2.75, 3.05) is 39.3 Å². The molecule has 1 saturated heterocycles. The lowest BCUT2D eigenvalue weighted by Crippen LogP contribution is -2.48. The highest BCUT2D eigenvalue weighted by Crippen LogP contribution is 2.27. The molecule has 1 fully saturated rings. The topological polar surface area (TPSA) is 87.8 Å². The van der Waals surface area contributed by atoms with E-state index in [4.69, 9.17) is 9.26 Å². The van der Waals surface area contributed by atoms with Crippen LogP contribution in [0, 0.1) is 6.92 Å². The van der Waals surface area contributed by atoms with E-state index in [2.05, 4.69) is 57.8 Å². The summed E-state index contributed by atoms with van der Waals surface area (Å²) in [6.45, 7) is 13.6. The monoisotopic (exact) mass is 521 g/mol. The molecule has 2 aromatic carbocycles. The molecule has 196 valence electrons. The maximum Gasteiger partial charge on any atom is 0.257 e. The molecule has 8 nitrogen and oxygen atoms in total. The molecule has 9 heteroatoms. The Morgan fingerprint density at radius 2 is 1.76 bits per heavy atom.